The second-order valence-electron chi connectivity index (χ2n) is 10.9. The van der Waals surface area contributed by atoms with Crippen molar-refractivity contribution in [2.24, 2.45) is 7.05 Å². The summed E-state index contributed by atoms with van der Waals surface area (Å²) in [4.78, 5) is 52.1. The van der Waals surface area contributed by atoms with Crippen LogP contribution in [0, 0.1) is 0 Å². The van der Waals surface area contributed by atoms with Crippen LogP contribution in [-0.2, 0) is 31.3 Å². The molecular weight excluding hydrogens is 526 g/mol. The van der Waals surface area contributed by atoms with Gasteiger partial charge in [-0.2, -0.15) is 0 Å². The first-order valence-corrected chi connectivity index (χ1v) is 13.3. The van der Waals surface area contributed by atoms with Crippen LogP contribution in [0.1, 0.15) is 42.3 Å². The number of nitrogens with zero attached hydrogens (tertiary/aromatic N) is 3. The summed E-state index contributed by atoms with van der Waals surface area (Å²) in [5.41, 5.74) is 3.21. The average molecular weight is 558 g/mol. The first kappa shape index (κ1) is 27.7. The Kier molecular flexibility index (Phi) is 7.40. The third kappa shape index (κ3) is 6.16. The lowest BCUT2D eigenvalue weighted by molar-refractivity contribution is 0.0235. The maximum absolute atomic E-state index is 13.0. The van der Waals surface area contributed by atoms with E-state index in [4.69, 9.17) is 13.6 Å². The molecule has 0 spiro atoms. The van der Waals surface area contributed by atoms with Crippen molar-refractivity contribution in [1.29, 1.82) is 0 Å². The molecule has 0 atom stereocenters. The molecule has 0 bridgehead atoms. The molecule has 0 saturated carbocycles. The summed E-state index contributed by atoms with van der Waals surface area (Å²) in [6, 6.07) is 19.7. The highest BCUT2D eigenvalue weighted by Gasteiger charge is 2.23. The maximum Gasteiger partial charge on any atom is 0.420 e. The third-order valence-corrected chi connectivity index (χ3v) is 6.69. The van der Waals surface area contributed by atoms with Crippen LogP contribution in [0.2, 0.25) is 0 Å². The lowest BCUT2D eigenvalue weighted by Crippen LogP contribution is -2.37. The monoisotopic (exact) mass is 557 g/mol. The number of carbonyl (C=O) groups is 2. The van der Waals surface area contributed by atoms with Crippen molar-refractivity contribution in [3.05, 3.63) is 105 Å². The summed E-state index contributed by atoms with van der Waals surface area (Å²) < 4.78 is 18.9. The molecule has 10 nitrogen and oxygen atoms in total. The summed E-state index contributed by atoms with van der Waals surface area (Å²) in [5.74, 6) is -1.51. The molecule has 5 rings (SSSR count). The van der Waals surface area contributed by atoms with Gasteiger partial charge in [-0.25, -0.2) is 14.4 Å². The topological polar surface area (TPSA) is 117 Å². The van der Waals surface area contributed by atoms with Gasteiger partial charge in [-0.15, -0.1) is 0 Å². The molecule has 5 aromatic rings. The normalized spacial score (nSPS) is 11.7. The predicted octanol–water partition coefficient (Wildman–Crippen LogP) is 4.90. The van der Waals surface area contributed by atoms with Gasteiger partial charge in [0.1, 0.15) is 5.60 Å². The number of ketones is 1. The molecule has 0 aliphatic heterocycles. The minimum atomic E-state index is -0.655. The molecule has 0 aliphatic carbocycles. The molecule has 0 saturated heterocycles. The summed E-state index contributed by atoms with van der Waals surface area (Å²) >= 11 is 0. The van der Waals surface area contributed by atoms with Gasteiger partial charge in [0.05, 0.1) is 17.6 Å². The number of carbonyl (C=O) groups excluding carboxylic acids is 2. The van der Waals surface area contributed by atoms with Crippen molar-refractivity contribution in [2.75, 3.05) is 6.54 Å². The van der Waals surface area contributed by atoms with Crippen LogP contribution >= 0.6 is 0 Å². The van der Waals surface area contributed by atoms with E-state index in [1.807, 2.05) is 57.2 Å². The van der Waals surface area contributed by atoms with Crippen LogP contribution in [0.25, 0.3) is 22.2 Å². The number of hydrogen-bond acceptors (Lipinski definition) is 7. The maximum atomic E-state index is 13.0. The van der Waals surface area contributed by atoms with Crippen LogP contribution in [0.15, 0.2) is 85.2 Å². The highest BCUT2D eigenvalue weighted by atomic mass is 16.6. The Bertz CT molecular complexity index is 1850. The van der Waals surface area contributed by atoms with E-state index in [-0.39, 0.29) is 12.3 Å². The Morgan fingerprint density at radius 3 is 2.27 bits per heavy atom. The molecule has 0 fully saturated rings. The number of Topliss-reactive ketones (excluding diaryl/α,β-unsaturated/α-hetero) is 1. The minimum Gasteiger partial charge on any atom is -0.444 e. The van der Waals surface area contributed by atoms with E-state index >= 15 is 0 Å². The molecule has 2 aromatic heterocycles. The van der Waals surface area contributed by atoms with E-state index in [9.17, 15) is 19.2 Å². The van der Waals surface area contributed by atoms with Gasteiger partial charge in [0.2, 0.25) is 0 Å². The number of benzene rings is 3. The molecule has 2 heterocycles. The zero-order valence-corrected chi connectivity index (χ0v) is 23.4. The van der Waals surface area contributed by atoms with Crippen molar-refractivity contribution >= 4 is 34.1 Å². The number of amides is 1. The summed E-state index contributed by atoms with van der Waals surface area (Å²) in [6.07, 6.45) is 0.0876. The molecule has 1 amide bonds. The second kappa shape index (κ2) is 11.0. The number of hydrogen-bond donors (Lipinski definition) is 0. The zero-order chi connectivity index (χ0) is 29.3. The minimum absolute atomic E-state index is 0.239. The van der Waals surface area contributed by atoms with Crippen LogP contribution in [0.4, 0.5) is 4.79 Å². The van der Waals surface area contributed by atoms with E-state index in [0.29, 0.717) is 47.3 Å². The summed E-state index contributed by atoms with van der Waals surface area (Å²) in [6.45, 7) is 6.02. The number of aromatic nitrogens is 2. The molecule has 0 N–H and O–H groups in total. The average Bonchev–Trinajstić information content (AvgIpc) is 3.39. The second-order valence-corrected chi connectivity index (χ2v) is 10.9. The Labute approximate surface area is 235 Å². The van der Waals surface area contributed by atoms with Crippen LogP contribution in [-0.4, -0.2) is 38.1 Å². The van der Waals surface area contributed by atoms with Crippen LogP contribution in [0.5, 0.6) is 0 Å². The number of oxazole rings is 2. The van der Waals surface area contributed by atoms with E-state index in [2.05, 4.69) is 0 Å². The van der Waals surface area contributed by atoms with Gasteiger partial charge in [0.25, 0.3) is 0 Å². The van der Waals surface area contributed by atoms with E-state index in [1.54, 1.807) is 36.2 Å². The summed E-state index contributed by atoms with van der Waals surface area (Å²) in [5, 5.41) is 0. The number of aryl methyl sites for hydroxylation is 1. The molecular formula is C31H31N3O7. The van der Waals surface area contributed by atoms with Crippen molar-refractivity contribution in [1.82, 2.24) is 14.0 Å². The Hall–Kier alpha value is -4.86. The third-order valence-electron chi connectivity index (χ3n) is 6.69. The lowest BCUT2D eigenvalue weighted by Gasteiger charge is -2.27. The van der Waals surface area contributed by atoms with E-state index in [1.165, 1.54) is 15.2 Å². The highest BCUT2D eigenvalue weighted by Crippen LogP contribution is 2.20. The van der Waals surface area contributed by atoms with E-state index in [0.717, 1.165) is 11.1 Å². The fourth-order valence-electron chi connectivity index (χ4n) is 4.59. The lowest BCUT2D eigenvalue weighted by atomic mass is 10.1. The van der Waals surface area contributed by atoms with Gasteiger partial charge < -0.3 is 18.5 Å². The number of ether oxygens (including phenoxy) is 1. The molecule has 0 unspecified atom stereocenters. The van der Waals surface area contributed by atoms with Gasteiger partial charge in [0, 0.05) is 25.7 Å². The Morgan fingerprint density at radius 2 is 1.54 bits per heavy atom. The SMILES string of the molecule is Cn1c(=O)oc2cc(C(=O)Cn3c(=O)oc4cc(CCN(Cc5ccccc5)C(=O)OC(C)(C)C)ccc43)ccc21. The van der Waals surface area contributed by atoms with Gasteiger partial charge in [0.15, 0.2) is 16.9 Å². The van der Waals surface area contributed by atoms with Crippen molar-refractivity contribution in [3.63, 3.8) is 0 Å². The molecule has 3 aromatic carbocycles. The van der Waals surface area contributed by atoms with Crippen molar-refractivity contribution < 1.29 is 23.2 Å². The molecule has 212 valence electrons. The van der Waals surface area contributed by atoms with Crippen molar-refractivity contribution in [2.45, 2.75) is 45.9 Å². The zero-order valence-electron chi connectivity index (χ0n) is 23.4. The number of fused-ring (bicyclic) bond motifs is 2. The largest absolute Gasteiger partial charge is 0.444 e. The summed E-state index contributed by atoms with van der Waals surface area (Å²) in [7, 11) is 1.58. The predicted molar refractivity (Wildman–Crippen MR) is 153 cm³/mol. The van der Waals surface area contributed by atoms with Gasteiger partial charge in [-0.3, -0.25) is 13.9 Å². The fourth-order valence-corrected chi connectivity index (χ4v) is 4.59. The fraction of sp³-hybridized carbons (Fsp3) is 0.290. The standard InChI is InChI=1S/C31H31N3O7/c1-31(2,3)41-29(37)33(18-21-8-6-5-7-9-21)15-14-20-10-12-24-26(16-20)40-30(38)34(24)19-25(35)22-11-13-23-27(17-22)39-28(36)32(23)4/h5-13,16-17H,14-15,18-19H2,1-4H3. The van der Waals surface area contributed by atoms with Crippen LogP contribution < -0.4 is 11.5 Å². The van der Waals surface area contributed by atoms with E-state index < -0.39 is 23.2 Å². The van der Waals surface area contributed by atoms with Crippen molar-refractivity contribution in [3.8, 4) is 0 Å². The van der Waals surface area contributed by atoms with Gasteiger partial charge in [-0.1, -0.05) is 36.4 Å². The first-order valence-electron chi connectivity index (χ1n) is 13.3. The molecule has 41 heavy (non-hydrogen) atoms. The van der Waals surface area contributed by atoms with Crippen LogP contribution in [0.3, 0.4) is 0 Å². The highest BCUT2D eigenvalue weighted by molar-refractivity contribution is 5.99. The smallest absolute Gasteiger partial charge is 0.420 e. The first-order chi connectivity index (χ1) is 19.5. The molecule has 0 radical (unpaired) electrons. The Balaban J connectivity index is 1.33. The van der Waals surface area contributed by atoms with Gasteiger partial charge in [-0.05, 0) is 68.7 Å². The quantitative estimate of drug-likeness (QED) is 0.249. The Morgan fingerprint density at radius 1 is 0.854 bits per heavy atom. The molecule has 0 aliphatic rings. The molecule has 10 heteroatoms. The van der Waals surface area contributed by atoms with Gasteiger partial charge >= 0.3 is 17.6 Å². The number of rotatable bonds is 8.